The Hall–Kier alpha value is -1.40. The molecule has 22 heavy (non-hydrogen) atoms. The fourth-order valence-corrected chi connectivity index (χ4v) is 2.14. The summed E-state index contributed by atoms with van der Waals surface area (Å²) < 4.78 is 0.864. The van der Waals surface area contributed by atoms with Gasteiger partial charge in [-0.3, -0.25) is 9.59 Å². The highest BCUT2D eigenvalue weighted by molar-refractivity contribution is 9.10. The van der Waals surface area contributed by atoms with Crippen molar-refractivity contribution in [1.82, 2.24) is 10.6 Å². The Bertz CT molecular complexity index is 526. The summed E-state index contributed by atoms with van der Waals surface area (Å²) in [5.74, 6) is -0.287. The van der Waals surface area contributed by atoms with Crippen LogP contribution in [-0.2, 0) is 4.79 Å². The number of rotatable bonds is 6. The van der Waals surface area contributed by atoms with Crippen LogP contribution in [0.2, 0.25) is 0 Å². The van der Waals surface area contributed by atoms with Gasteiger partial charge in [-0.1, -0.05) is 42.8 Å². The first-order valence-electron chi connectivity index (χ1n) is 7.29. The van der Waals surface area contributed by atoms with Gasteiger partial charge in [0, 0.05) is 23.1 Å². The Morgan fingerprint density at radius 2 is 1.86 bits per heavy atom. The molecular weight excluding hydrogens is 346 g/mol. The molecular formula is C16H24BrN3O2. The second-order valence-electron chi connectivity index (χ2n) is 6.25. The number of nitrogens with one attached hydrogen (secondary N) is 2. The van der Waals surface area contributed by atoms with E-state index in [0.717, 1.165) is 4.47 Å². The van der Waals surface area contributed by atoms with Crippen molar-refractivity contribution in [2.45, 2.75) is 33.2 Å². The average Bonchev–Trinajstić information content (AvgIpc) is 2.44. The summed E-state index contributed by atoms with van der Waals surface area (Å²) in [5, 5.41) is 5.61. The fourth-order valence-electron chi connectivity index (χ4n) is 1.74. The first kappa shape index (κ1) is 18.6. The van der Waals surface area contributed by atoms with E-state index in [9.17, 15) is 9.59 Å². The molecule has 0 aromatic heterocycles. The highest BCUT2D eigenvalue weighted by Gasteiger charge is 2.26. The van der Waals surface area contributed by atoms with Crippen molar-refractivity contribution in [3.8, 4) is 0 Å². The second-order valence-corrected chi connectivity index (χ2v) is 7.17. The second kappa shape index (κ2) is 8.29. The Balaban J connectivity index is 2.26. The van der Waals surface area contributed by atoms with Crippen LogP contribution < -0.4 is 16.4 Å². The highest BCUT2D eigenvalue weighted by Crippen LogP contribution is 2.17. The lowest BCUT2D eigenvalue weighted by Crippen LogP contribution is -2.49. The van der Waals surface area contributed by atoms with Crippen molar-refractivity contribution < 1.29 is 9.59 Å². The van der Waals surface area contributed by atoms with E-state index in [1.807, 2.05) is 32.9 Å². The minimum atomic E-state index is -0.538. The molecule has 0 aliphatic heterocycles. The number of hydrogen-bond acceptors (Lipinski definition) is 3. The van der Waals surface area contributed by atoms with E-state index in [0.29, 0.717) is 25.1 Å². The molecule has 2 amide bonds. The first-order valence-corrected chi connectivity index (χ1v) is 8.08. The van der Waals surface area contributed by atoms with Crippen molar-refractivity contribution >= 4 is 27.7 Å². The molecule has 0 saturated carbocycles. The number of benzene rings is 1. The third-order valence-corrected chi connectivity index (χ3v) is 3.73. The zero-order valence-electron chi connectivity index (χ0n) is 13.3. The van der Waals surface area contributed by atoms with Crippen LogP contribution in [0, 0.1) is 5.41 Å². The van der Waals surface area contributed by atoms with Gasteiger partial charge in [-0.2, -0.15) is 0 Å². The van der Waals surface area contributed by atoms with E-state index in [4.69, 9.17) is 5.73 Å². The third-order valence-electron chi connectivity index (χ3n) is 3.24. The topological polar surface area (TPSA) is 84.2 Å². The SMILES string of the molecule is CC(C)(C)[C@H](N)C(=O)NCCCNC(=O)c1cccc(Br)c1. The molecule has 0 unspecified atom stereocenters. The molecule has 0 heterocycles. The van der Waals surface area contributed by atoms with Crippen LogP contribution in [0.3, 0.4) is 0 Å². The van der Waals surface area contributed by atoms with Crippen molar-refractivity contribution in [2.75, 3.05) is 13.1 Å². The predicted molar refractivity (Wildman–Crippen MR) is 91.5 cm³/mol. The summed E-state index contributed by atoms with van der Waals surface area (Å²) in [4.78, 5) is 23.7. The molecule has 0 aliphatic rings. The van der Waals surface area contributed by atoms with E-state index >= 15 is 0 Å². The lowest BCUT2D eigenvalue weighted by Gasteiger charge is -2.25. The van der Waals surface area contributed by atoms with Gasteiger partial charge in [0.05, 0.1) is 6.04 Å². The highest BCUT2D eigenvalue weighted by atomic mass is 79.9. The number of carbonyl (C=O) groups excluding carboxylic acids is 2. The van der Waals surface area contributed by atoms with Crippen molar-refractivity contribution in [1.29, 1.82) is 0 Å². The molecule has 0 aliphatic carbocycles. The maximum absolute atomic E-state index is 11.9. The maximum Gasteiger partial charge on any atom is 0.251 e. The van der Waals surface area contributed by atoms with Crippen molar-refractivity contribution in [2.24, 2.45) is 11.1 Å². The van der Waals surface area contributed by atoms with Gasteiger partial charge in [-0.15, -0.1) is 0 Å². The van der Waals surface area contributed by atoms with E-state index in [-0.39, 0.29) is 17.2 Å². The Kier molecular flexibility index (Phi) is 7.03. The number of halogens is 1. The molecule has 122 valence electrons. The zero-order valence-corrected chi connectivity index (χ0v) is 14.9. The molecule has 0 fully saturated rings. The van der Waals surface area contributed by atoms with Gasteiger partial charge in [-0.05, 0) is 30.0 Å². The van der Waals surface area contributed by atoms with Gasteiger partial charge < -0.3 is 16.4 Å². The smallest absolute Gasteiger partial charge is 0.251 e. The molecule has 0 spiro atoms. The predicted octanol–water partition coefficient (Wildman–Crippen LogP) is 2.06. The van der Waals surface area contributed by atoms with Crippen LogP contribution in [0.1, 0.15) is 37.6 Å². The van der Waals surface area contributed by atoms with Crippen LogP contribution in [0.5, 0.6) is 0 Å². The van der Waals surface area contributed by atoms with E-state index < -0.39 is 6.04 Å². The first-order chi connectivity index (χ1) is 10.2. The Labute approximate surface area is 140 Å². The molecule has 4 N–H and O–H groups in total. The number of amides is 2. The Morgan fingerprint density at radius 1 is 1.23 bits per heavy atom. The lowest BCUT2D eigenvalue weighted by atomic mass is 9.87. The van der Waals surface area contributed by atoms with Gasteiger partial charge in [-0.25, -0.2) is 0 Å². The molecule has 0 bridgehead atoms. The van der Waals surface area contributed by atoms with Gasteiger partial charge in [0.1, 0.15) is 0 Å². The average molecular weight is 370 g/mol. The normalized spacial score (nSPS) is 12.6. The van der Waals surface area contributed by atoms with Crippen LogP contribution in [0.25, 0.3) is 0 Å². The van der Waals surface area contributed by atoms with Crippen molar-refractivity contribution in [3.05, 3.63) is 34.3 Å². The number of carbonyl (C=O) groups is 2. The third kappa shape index (κ3) is 6.15. The minimum absolute atomic E-state index is 0.126. The molecule has 0 radical (unpaired) electrons. The van der Waals surface area contributed by atoms with Gasteiger partial charge in [0.15, 0.2) is 0 Å². The molecule has 1 aromatic rings. The minimum Gasteiger partial charge on any atom is -0.355 e. The van der Waals surface area contributed by atoms with Crippen LogP contribution in [0.4, 0.5) is 0 Å². The zero-order chi connectivity index (χ0) is 16.8. The molecule has 1 atom stereocenters. The maximum atomic E-state index is 11.9. The van der Waals surface area contributed by atoms with Gasteiger partial charge in [0.25, 0.3) is 5.91 Å². The summed E-state index contributed by atoms with van der Waals surface area (Å²) in [7, 11) is 0. The van der Waals surface area contributed by atoms with Crippen LogP contribution in [-0.4, -0.2) is 30.9 Å². The molecule has 6 heteroatoms. The molecule has 0 saturated heterocycles. The summed E-state index contributed by atoms with van der Waals surface area (Å²) in [5.41, 5.74) is 6.20. The molecule has 5 nitrogen and oxygen atoms in total. The summed E-state index contributed by atoms with van der Waals surface area (Å²) in [6, 6.07) is 6.66. The lowest BCUT2D eigenvalue weighted by molar-refractivity contribution is -0.124. The van der Waals surface area contributed by atoms with Crippen molar-refractivity contribution in [3.63, 3.8) is 0 Å². The summed E-state index contributed by atoms with van der Waals surface area (Å²) >= 11 is 3.33. The number of nitrogens with two attached hydrogens (primary N) is 1. The van der Waals surface area contributed by atoms with E-state index in [1.165, 1.54) is 0 Å². The van der Waals surface area contributed by atoms with Gasteiger partial charge >= 0.3 is 0 Å². The fraction of sp³-hybridized carbons (Fsp3) is 0.500. The quantitative estimate of drug-likeness (QED) is 0.671. The molecule has 1 rings (SSSR count). The van der Waals surface area contributed by atoms with Crippen LogP contribution >= 0.6 is 15.9 Å². The summed E-state index contributed by atoms with van der Waals surface area (Å²) in [6.45, 7) is 6.76. The monoisotopic (exact) mass is 369 g/mol. The summed E-state index contributed by atoms with van der Waals surface area (Å²) in [6.07, 6.45) is 0.655. The standard InChI is InChI=1S/C16H24BrN3O2/c1-16(2,3)13(18)15(22)20-9-5-8-19-14(21)11-6-4-7-12(17)10-11/h4,6-7,10,13H,5,8-9,18H2,1-3H3,(H,19,21)(H,20,22)/t13-/m1/s1. The Morgan fingerprint density at radius 3 is 2.45 bits per heavy atom. The van der Waals surface area contributed by atoms with Gasteiger partial charge in [0.2, 0.25) is 5.91 Å². The molecule has 1 aromatic carbocycles. The van der Waals surface area contributed by atoms with Crippen LogP contribution in [0.15, 0.2) is 28.7 Å². The largest absolute Gasteiger partial charge is 0.355 e. The number of hydrogen-bond donors (Lipinski definition) is 3. The van der Waals surface area contributed by atoms with E-state index in [1.54, 1.807) is 12.1 Å². The van der Waals surface area contributed by atoms with E-state index in [2.05, 4.69) is 26.6 Å².